The number of ketones is 2. The molecule has 0 fully saturated rings. The van der Waals surface area contributed by atoms with Gasteiger partial charge in [-0.3, -0.25) is 13.9 Å². The second kappa shape index (κ2) is 7.52. The average Bonchev–Trinajstić information content (AvgIpc) is 3.08. The molecule has 1 aromatic heterocycles. The highest BCUT2D eigenvalue weighted by molar-refractivity contribution is 7.92. The molecular formula is C17H18N2O6S. The van der Waals surface area contributed by atoms with Gasteiger partial charge in [-0.1, -0.05) is 0 Å². The summed E-state index contributed by atoms with van der Waals surface area (Å²) < 4.78 is 29.0. The number of benzene rings is 1. The Morgan fingerprint density at radius 2 is 1.73 bits per heavy atom. The van der Waals surface area contributed by atoms with Crippen molar-refractivity contribution in [2.24, 2.45) is 0 Å². The van der Waals surface area contributed by atoms with Gasteiger partial charge in [0.2, 0.25) is 10.0 Å². The van der Waals surface area contributed by atoms with Crippen LogP contribution in [0.25, 0.3) is 0 Å². The van der Waals surface area contributed by atoms with Crippen molar-refractivity contribution >= 4 is 33.2 Å². The fourth-order valence-corrected chi connectivity index (χ4v) is 2.56. The van der Waals surface area contributed by atoms with E-state index in [9.17, 15) is 22.8 Å². The zero-order chi connectivity index (χ0) is 19.5. The van der Waals surface area contributed by atoms with Crippen molar-refractivity contribution in [3.05, 3.63) is 53.3 Å². The number of anilines is 1. The largest absolute Gasteiger partial charge is 0.453 e. The van der Waals surface area contributed by atoms with Crippen molar-refractivity contribution in [1.29, 1.82) is 0 Å². The average molecular weight is 378 g/mol. The van der Waals surface area contributed by atoms with E-state index in [2.05, 4.69) is 4.98 Å². The molecule has 0 atom stereocenters. The first-order valence-corrected chi connectivity index (χ1v) is 9.38. The second-order valence-electron chi connectivity index (χ2n) is 5.63. The van der Waals surface area contributed by atoms with Gasteiger partial charge in [0.05, 0.1) is 11.9 Å². The number of carbonyl (C=O) groups is 3. The maximum absolute atomic E-state index is 12.1. The first kappa shape index (κ1) is 19.4. The zero-order valence-electron chi connectivity index (χ0n) is 14.5. The number of H-pyrrole nitrogens is 1. The molecule has 0 aliphatic heterocycles. The minimum Gasteiger partial charge on any atom is -0.453 e. The predicted molar refractivity (Wildman–Crippen MR) is 95.1 cm³/mol. The van der Waals surface area contributed by atoms with Crippen LogP contribution in [0.2, 0.25) is 0 Å². The van der Waals surface area contributed by atoms with Crippen molar-refractivity contribution in [2.45, 2.75) is 6.92 Å². The number of nitrogens with one attached hydrogen (secondary N) is 1. The van der Waals surface area contributed by atoms with Crippen molar-refractivity contribution in [3.63, 3.8) is 0 Å². The first-order valence-electron chi connectivity index (χ1n) is 7.53. The minimum absolute atomic E-state index is 0.0770. The lowest BCUT2D eigenvalue weighted by Crippen LogP contribution is -2.24. The summed E-state index contributed by atoms with van der Waals surface area (Å²) in [5.41, 5.74) is 1.10. The van der Waals surface area contributed by atoms with Crippen LogP contribution in [0.1, 0.15) is 38.1 Å². The third-order valence-corrected chi connectivity index (χ3v) is 4.90. The molecule has 0 bridgehead atoms. The van der Waals surface area contributed by atoms with E-state index in [1.165, 1.54) is 50.5 Å². The van der Waals surface area contributed by atoms with E-state index >= 15 is 0 Å². The molecule has 0 spiro atoms. The molecule has 0 saturated heterocycles. The predicted octanol–water partition coefficient (Wildman–Crippen LogP) is 1.65. The van der Waals surface area contributed by atoms with Crippen molar-refractivity contribution in [2.75, 3.05) is 24.2 Å². The Bertz CT molecular complexity index is 944. The number of aromatic nitrogens is 1. The highest BCUT2D eigenvalue weighted by Crippen LogP contribution is 2.16. The van der Waals surface area contributed by atoms with Crippen LogP contribution in [0.5, 0.6) is 0 Å². The monoisotopic (exact) mass is 378 g/mol. The van der Waals surface area contributed by atoms with Gasteiger partial charge in [-0.25, -0.2) is 13.2 Å². The zero-order valence-corrected chi connectivity index (χ0v) is 15.3. The van der Waals surface area contributed by atoms with E-state index in [0.717, 1.165) is 10.6 Å². The van der Waals surface area contributed by atoms with Gasteiger partial charge in [0.15, 0.2) is 18.2 Å². The second-order valence-corrected chi connectivity index (χ2v) is 7.65. The molecule has 0 unspecified atom stereocenters. The summed E-state index contributed by atoms with van der Waals surface area (Å²) in [6, 6.07) is 7.23. The molecule has 0 radical (unpaired) electrons. The van der Waals surface area contributed by atoms with Crippen LogP contribution in [-0.4, -0.2) is 50.8 Å². The Morgan fingerprint density at radius 3 is 2.23 bits per heavy atom. The summed E-state index contributed by atoms with van der Waals surface area (Å²) in [7, 11) is -1.99. The Hall–Kier alpha value is -2.94. The number of aromatic amines is 1. The maximum Gasteiger partial charge on any atom is 0.355 e. The van der Waals surface area contributed by atoms with Crippen LogP contribution in [-0.2, 0) is 14.8 Å². The Kier molecular flexibility index (Phi) is 5.61. The number of hydrogen-bond acceptors (Lipinski definition) is 6. The van der Waals surface area contributed by atoms with Crippen molar-refractivity contribution in [3.8, 4) is 0 Å². The molecule has 1 heterocycles. The van der Waals surface area contributed by atoms with Gasteiger partial charge in [-0.15, -0.1) is 0 Å². The van der Waals surface area contributed by atoms with Gasteiger partial charge < -0.3 is 9.72 Å². The quantitative estimate of drug-likeness (QED) is 0.579. The molecular weight excluding hydrogens is 360 g/mol. The van der Waals surface area contributed by atoms with Crippen LogP contribution in [0, 0.1) is 0 Å². The SMILES string of the molecule is CC(=O)c1c[nH]c(C(=O)OCC(=O)c2ccc(N(C)S(C)(=O)=O)cc2)c1. The lowest BCUT2D eigenvalue weighted by atomic mass is 10.1. The highest BCUT2D eigenvalue weighted by atomic mass is 32.2. The summed E-state index contributed by atoms with van der Waals surface area (Å²) in [5, 5.41) is 0. The summed E-state index contributed by atoms with van der Waals surface area (Å²) in [4.78, 5) is 37.8. The Morgan fingerprint density at radius 1 is 1.12 bits per heavy atom. The molecule has 8 nitrogen and oxygen atoms in total. The van der Waals surface area contributed by atoms with Gasteiger partial charge in [0.25, 0.3) is 0 Å². The fourth-order valence-electron chi connectivity index (χ4n) is 2.06. The molecule has 0 saturated carbocycles. The first-order chi connectivity index (χ1) is 12.1. The number of nitrogens with zero attached hydrogens (tertiary/aromatic N) is 1. The topological polar surface area (TPSA) is 114 Å². The molecule has 2 rings (SSSR count). The van der Waals surface area contributed by atoms with Gasteiger partial charge in [-0.2, -0.15) is 0 Å². The number of ether oxygens (including phenoxy) is 1. The van der Waals surface area contributed by atoms with E-state index in [1.807, 2.05) is 0 Å². The number of rotatable bonds is 7. The van der Waals surface area contributed by atoms with Crippen LogP contribution in [0.4, 0.5) is 5.69 Å². The standard InChI is InChI=1S/C17H18N2O6S/c1-11(20)13-8-15(18-9-13)17(22)25-10-16(21)12-4-6-14(7-5-12)19(2)26(3,23)24/h4-9,18H,10H2,1-3H3. The molecule has 9 heteroatoms. The Labute approximate surface area is 150 Å². The number of sulfonamides is 1. The number of carbonyl (C=O) groups excluding carboxylic acids is 3. The molecule has 26 heavy (non-hydrogen) atoms. The molecule has 0 aliphatic rings. The third kappa shape index (κ3) is 4.57. The smallest absolute Gasteiger partial charge is 0.355 e. The number of Topliss-reactive ketones (excluding diaryl/α,β-unsaturated/α-hetero) is 2. The lowest BCUT2D eigenvalue weighted by molar-refractivity contribution is 0.0469. The minimum atomic E-state index is -3.39. The molecule has 0 aliphatic carbocycles. The van der Waals surface area contributed by atoms with Crippen LogP contribution in [0.15, 0.2) is 36.5 Å². The fraction of sp³-hybridized carbons (Fsp3) is 0.235. The van der Waals surface area contributed by atoms with E-state index in [0.29, 0.717) is 11.3 Å². The normalized spacial score (nSPS) is 11.0. The summed E-state index contributed by atoms with van der Waals surface area (Å²) in [6.45, 7) is 0.890. The van der Waals surface area contributed by atoms with Gasteiger partial charge in [0, 0.05) is 24.4 Å². The number of hydrogen-bond donors (Lipinski definition) is 1. The van der Waals surface area contributed by atoms with E-state index in [1.54, 1.807) is 0 Å². The van der Waals surface area contributed by atoms with Gasteiger partial charge in [0.1, 0.15) is 5.69 Å². The summed E-state index contributed by atoms with van der Waals surface area (Å²) in [6.07, 6.45) is 2.46. The van der Waals surface area contributed by atoms with E-state index < -0.39 is 28.4 Å². The van der Waals surface area contributed by atoms with Gasteiger partial charge >= 0.3 is 5.97 Å². The van der Waals surface area contributed by atoms with E-state index in [4.69, 9.17) is 4.74 Å². The van der Waals surface area contributed by atoms with Crippen molar-refractivity contribution in [1.82, 2.24) is 4.98 Å². The highest BCUT2D eigenvalue weighted by Gasteiger charge is 2.16. The Balaban J connectivity index is 1.99. The molecule has 0 amide bonds. The molecule has 1 aromatic carbocycles. The molecule has 138 valence electrons. The molecule has 1 N–H and O–H groups in total. The lowest BCUT2D eigenvalue weighted by Gasteiger charge is -2.16. The third-order valence-electron chi connectivity index (χ3n) is 3.69. The maximum atomic E-state index is 12.1. The summed E-state index contributed by atoms with van der Waals surface area (Å²) in [5.74, 6) is -1.39. The van der Waals surface area contributed by atoms with E-state index in [-0.39, 0.29) is 17.0 Å². The number of esters is 1. The van der Waals surface area contributed by atoms with Crippen LogP contribution in [0.3, 0.4) is 0 Å². The summed E-state index contributed by atoms with van der Waals surface area (Å²) >= 11 is 0. The van der Waals surface area contributed by atoms with Crippen molar-refractivity contribution < 1.29 is 27.5 Å². The van der Waals surface area contributed by atoms with Crippen LogP contribution < -0.4 is 4.31 Å². The molecule has 2 aromatic rings. The van der Waals surface area contributed by atoms with Crippen LogP contribution >= 0.6 is 0 Å². The van der Waals surface area contributed by atoms with Gasteiger partial charge in [-0.05, 0) is 37.3 Å².